The lowest BCUT2D eigenvalue weighted by molar-refractivity contribution is 0.0934. The number of aromatic nitrogens is 2. The van der Waals surface area contributed by atoms with Crippen molar-refractivity contribution in [3.05, 3.63) is 40.7 Å². The van der Waals surface area contributed by atoms with E-state index in [9.17, 15) is 4.79 Å². The molecule has 0 spiro atoms. The molecule has 0 saturated carbocycles. The van der Waals surface area contributed by atoms with Crippen molar-refractivity contribution in [3.8, 4) is 0 Å². The summed E-state index contributed by atoms with van der Waals surface area (Å²) in [6, 6.07) is 1.24. The summed E-state index contributed by atoms with van der Waals surface area (Å²) in [6.07, 6.45) is 3.04. The van der Waals surface area contributed by atoms with Crippen LogP contribution in [-0.2, 0) is 0 Å². The van der Waals surface area contributed by atoms with Crippen LogP contribution in [0, 0.1) is 6.92 Å². The Balaban J connectivity index is 2.15. The van der Waals surface area contributed by atoms with Crippen LogP contribution in [0.1, 0.15) is 35.0 Å². The molecule has 0 saturated heterocycles. The number of carbonyl (C=O) groups excluding carboxylic acids is 1. The molecule has 1 unspecified atom stereocenters. The maximum Gasteiger partial charge on any atom is 0.253 e. The van der Waals surface area contributed by atoms with Gasteiger partial charge in [0.1, 0.15) is 17.6 Å². The van der Waals surface area contributed by atoms with Crippen LogP contribution in [0.25, 0.3) is 0 Å². The monoisotopic (exact) mass is 294 g/mol. The Morgan fingerprint density at radius 1 is 1.40 bits per heavy atom. The van der Waals surface area contributed by atoms with E-state index in [1.54, 1.807) is 33.2 Å². The van der Waals surface area contributed by atoms with Crippen LogP contribution in [0.15, 0.2) is 22.9 Å². The van der Waals surface area contributed by atoms with Crippen molar-refractivity contribution in [2.75, 3.05) is 12.4 Å². The maximum atomic E-state index is 12.2. The van der Waals surface area contributed by atoms with Gasteiger partial charge in [0.15, 0.2) is 0 Å². The number of rotatable bonds is 4. The second kappa shape index (κ2) is 5.92. The number of anilines is 1. The van der Waals surface area contributed by atoms with E-state index < -0.39 is 0 Å². The number of pyridine rings is 1. The number of carbonyl (C=O) groups is 1. The number of aryl methyl sites for hydroxylation is 1. The van der Waals surface area contributed by atoms with Crippen LogP contribution in [0.5, 0.6) is 0 Å². The summed E-state index contributed by atoms with van der Waals surface area (Å²) in [5.41, 5.74) is 0.348. The van der Waals surface area contributed by atoms with Crippen molar-refractivity contribution in [2.24, 2.45) is 0 Å². The van der Waals surface area contributed by atoms with Gasteiger partial charge in [0.25, 0.3) is 5.91 Å². The summed E-state index contributed by atoms with van der Waals surface area (Å²) in [4.78, 5) is 20.3. The molecule has 6 nitrogen and oxygen atoms in total. The fourth-order valence-corrected chi connectivity index (χ4v) is 1.85. The molecule has 0 aliphatic carbocycles. The van der Waals surface area contributed by atoms with Crippen molar-refractivity contribution in [3.63, 3.8) is 0 Å². The number of nitrogens with one attached hydrogen (secondary N) is 2. The van der Waals surface area contributed by atoms with Crippen LogP contribution in [0.3, 0.4) is 0 Å². The fraction of sp³-hybridized carbons (Fsp3) is 0.308. The predicted octanol–water partition coefficient (Wildman–Crippen LogP) is 2.56. The molecule has 0 aliphatic heterocycles. The van der Waals surface area contributed by atoms with E-state index in [0.29, 0.717) is 23.0 Å². The van der Waals surface area contributed by atoms with Crippen LogP contribution in [-0.4, -0.2) is 22.9 Å². The largest absolute Gasteiger partial charge is 0.444 e. The van der Waals surface area contributed by atoms with Gasteiger partial charge in [-0.15, -0.1) is 0 Å². The summed E-state index contributed by atoms with van der Waals surface area (Å²) < 4.78 is 5.37. The number of hydrogen-bond donors (Lipinski definition) is 2. The average Bonchev–Trinajstić information content (AvgIpc) is 2.86. The second-order valence-corrected chi connectivity index (χ2v) is 4.71. The molecule has 20 heavy (non-hydrogen) atoms. The first-order valence-corrected chi connectivity index (χ1v) is 6.45. The van der Waals surface area contributed by atoms with Gasteiger partial charge in [-0.2, -0.15) is 0 Å². The highest BCUT2D eigenvalue weighted by Crippen LogP contribution is 2.19. The first-order chi connectivity index (χ1) is 9.51. The highest BCUT2D eigenvalue weighted by Gasteiger charge is 2.18. The third-order valence-electron chi connectivity index (χ3n) is 2.71. The second-order valence-electron chi connectivity index (χ2n) is 4.30. The normalized spacial score (nSPS) is 12.0. The molecule has 0 aromatic carbocycles. The zero-order valence-corrected chi connectivity index (χ0v) is 12.2. The zero-order chi connectivity index (χ0) is 14.7. The third kappa shape index (κ3) is 3.08. The van der Waals surface area contributed by atoms with E-state index in [4.69, 9.17) is 16.0 Å². The van der Waals surface area contributed by atoms with Crippen molar-refractivity contribution >= 4 is 23.3 Å². The summed E-state index contributed by atoms with van der Waals surface area (Å²) in [5, 5.41) is 5.93. The van der Waals surface area contributed by atoms with Crippen molar-refractivity contribution < 1.29 is 9.21 Å². The standard InChI is InChI=1S/C13H15ClN4O2/c1-7-5-17-13(20-7)8(2)18-12(19)9-4-11(15-3)16-6-10(9)14/h4-6,8H,1-3H3,(H,15,16)(H,18,19). The minimum absolute atomic E-state index is 0.289. The van der Waals surface area contributed by atoms with E-state index in [2.05, 4.69) is 20.6 Å². The molecule has 2 heterocycles. The lowest BCUT2D eigenvalue weighted by Gasteiger charge is -2.12. The van der Waals surface area contributed by atoms with E-state index in [-0.39, 0.29) is 17.0 Å². The first kappa shape index (κ1) is 14.3. The van der Waals surface area contributed by atoms with Crippen molar-refractivity contribution in [1.29, 1.82) is 0 Å². The molecule has 0 aliphatic rings. The first-order valence-electron chi connectivity index (χ1n) is 6.07. The minimum Gasteiger partial charge on any atom is -0.444 e. The molecular weight excluding hydrogens is 280 g/mol. The van der Waals surface area contributed by atoms with Gasteiger partial charge in [0.2, 0.25) is 5.89 Å². The molecule has 1 atom stereocenters. The minimum atomic E-state index is -0.349. The Morgan fingerprint density at radius 3 is 2.75 bits per heavy atom. The van der Waals surface area contributed by atoms with Gasteiger partial charge in [-0.3, -0.25) is 4.79 Å². The molecule has 2 N–H and O–H groups in total. The van der Waals surface area contributed by atoms with Gasteiger partial charge in [0.05, 0.1) is 16.8 Å². The zero-order valence-electron chi connectivity index (χ0n) is 11.4. The SMILES string of the molecule is CNc1cc(C(=O)NC(C)c2ncc(C)o2)c(Cl)cn1. The van der Waals surface area contributed by atoms with Crippen LogP contribution in [0.4, 0.5) is 5.82 Å². The van der Waals surface area contributed by atoms with Gasteiger partial charge in [-0.1, -0.05) is 11.6 Å². The lowest BCUT2D eigenvalue weighted by atomic mass is 10.2. The summed E-state index contributed by atoms with van der Waals surface area (Å²) in [5.74, 6) is 1.41. The van der Waals surface area contributed by atoms with Crippen molar-refractivity contribution in [2.45, 2.75) is 19.9 Å². The predicted molar refractivity (Wildman–Crippen MR) is 75.9 cm³/mol. The van der Waals surface area contributed by atoms with Gasteiger partial charge in [-0.25, -0.2) is 9.97 Å². The summed E-state index contributed by atoms with van der Waals surface area (Å²) in [7, 11) is 1.72. The summed E-state index contributed by atoms with van der Waals surface area (Å²) >= 11 is 5.99. The Labute approximate surface area is 121 Å². The Kier molecular flexibility index (Phi) is 4.24. The quantitative estimate of drug-likeness (QED) is 0.906. The molecule has 2 aromatic rings. The number of nitrogens with zero attached hydrogens (tertiary/aromatic N) is 2. The third-order valence-corrected chi connectivity index (χ3v) is 3.01. The Hall–Kier alpha value is -2.08. The molecule has 0 fully saturated rings. The van der Waals surface area contributed by atoms with Crippen LogP contribution < -0.4 is 10.6 Å². The number of oxazole rings is 1. The van der Waals surface area contributed by atoms with Crippen LogP contribution in [0.2, 0.25) is 5.02 Å². The molecule has 7 heteroatoms. The molecule has 0 radical (unpaired) electrons. The highest BCUT2D eigenvalue weighted by molar-refractivity contribution is 6.33. The fourth-order valence-electron chi connectivity index (χ4n) is 1.66. The van der Waals surface area contributed by atoms with Gasteiger partial charge in [0, 0.05) is 13.2 Å². The smallest absolute Gasteiger partial charge is 0.253 e. The van der Waals surface area contributed by atoms with Gasteiger partial charge < -0.3 is 15.1 Å². The molecule has 2 aromatic heterocycles. The van der Waals surface area contributed by atoms with E-state index >= 15 is 0 Å². The molecule has 1 amide bonds. The Bertz CT molecular complexity index is 627. The van der Waals surface area contributed by atoms with E-state index in [1.807, 2.05) is 0 Å². The number of hydrogen-bond acceptors (Lipinski definition) is 5. The topological polar surface area (TPSA) is 80.0 Å². The molecule has 2 rings (SSSR count). The molecule has 106 valence electrons. The average molecular weight is 295 g/mol. The van der Waals surface area contributed by atoms with E-state index in [1.165, 1.54) is 6.20 Å². The van der Waals surface area contributed by atoms with Gasteiger partial charge in [-0.05, 0) is 19.9 Å². The molecular formula is C13H15ClN4O2. The lowest BCUT2D eigenvalue weighted by Crippen LogP contribution is -2.27. The van der Waals surface area contributed by atoms with E-state index in [0.717, 1.165) is 0 Å². The summed E-state index contributed by atoms with van der Waals surface area (Å²) in [6.45, 7) is 3.58. The molecule has 0 bridgehead atoms. The van der Waals surface area contributed by atoms with Gasteiger partial charge >= 0.3 is 0 Å². The number of halogens is 1. The maximum absolute atomic E-state index is 12.2. The van der Waals surface area contributed by atoms with Crippen LogP contribution >= 0.6 is 11.6 Å². The highest BCUT2D eigenvalue weighted by atomic mass is 35.5. The number of amides is 1. The van der Waals surface area contributed by atoms with Crippen molar-refractivity contribution in [1.82, 2.24) is 15.3 Å². The Morgan fingerprint density at radius 2 is 2.15 bits per heavy atom.